The summed E-state index contributed by atoms with van der Waals surface area (Å²) >= 11 is 12.3. The fourth-order valence-corrected chi connectivity index (χ4v) is 2.95. The van der Waals surface area contributed by atoms with Crippen LogP contribution in [0.2, 0.25) is 10.0 Å². The standard InChI is InChI=1S/C17H16Cl2N2/c1-12-2-4-14(5-3-12)20-7-9-21-8-6-15-16(19)10-13(18)11-17(15)21/h2-6,8,10-11,20H,7,9H2,1H3. The van der Waals surface area contributed by atoms with Gasteiger partial charge in [-0.05, 0) is 37.3 Å². The summed E-state index contributed by atoms with van der Waals surface area (Å²) in [5, 5.41) is 5.82. The Balaban J connectivity index is 1.72. The van der Waals surface area contributed by atoms with Gasteiger partial charge in [-0.3, -0.25) is 0 Å². The topological polar surface area (TPSA) is 17.0 Å². The lowest BCUT2D eigenvalue weighted by molar-refractivity contribution is 0.757. The Labute approximate surface area is 134 Å². The highest BCUT2D eigenvalue weighted by Gasteiger charge is 2.06. The molecule has 0 aliphatic heterocycles. The van der Waals surface area contributed by atoms with Gasteiger partial charge < -0.3 is 9.88 Å². The molecule has 0 aliphatic carbocycles. The molecule has 1 N–H and O–H groups in total. The first kappa shape index (κ1) is 14.3. The van der Waals surface area contributed by atoms with Crippen LogP contribution >= 0.6 is 23.2 Å². The van der Waals surface area contributed by atoms with Gasteiger partial charge in [0.25, 0.3) is 0 Å². The summed E-state index contributed by atoms with van der Waals surface area (Å²) in [5.74, 6) is 0. The summed E-state index contributed by atoms with van der Waals surface area (Å²) in [6, 6.07) is 14.2. The zero-order valence-corrected chi connectivity index (χ0v) is 13.2. The Morgan fingerprint density at radius 3 is 2.57 bits per heavy atom. The van der Waals surface area contributed by atoms with Crippen molar-refractivity contribution in [2.24, 2.45) is 0 Å². The third-order valence-electron chi connectivity index (χ3n) is 3.54. The highest BCUT2D eigenvalue weighted by atomic mass is 35.5. The third kappa shape index (κ3) is 3.17. The molecule has 0 saturated carbocycles. The van der Waals surface area contributed by atoms with Gasteiger partial charge in [-0.1, -0.05) is 40.9 Å². The van der Waals surface area contributed by atoms with E-state index in [1.807, 2.05) is 18.3 Å². The molecule has 0 atom stereocenters. The van der Waals surface area contributed by atoms with Crippen molar-refractivity contribution >= 4 is 39.8 Å². The first-order valence-corrected chi connectivity index (χ1v) is 7.63. The number of anilines is 1. The second-order valence-corrected chi connectivity index (χ2v) is 5.97. The van der Waals surface area contributed by atoms with Crippen LogP contribution in [0.25, 0.3) is 10.9 Å². The SMILES string of the molecule is Cc1ccc(NCCn2ccc3c(Cl)cc(Cl)cc32)cc1. The number of rotatable bonds is 4. The third-order valence-corrected chi connectivity index (χ3v) is 4.07. The summed E-state index contributed by atoms with van der Waals surface area (Å²) in [6.45, 7) is 3.79. The van der Waals surface area contributed by atoms with Crippen LogP contribution in [0.4, 0.5) is 5.69 Å². The Morgan fingerprint density at radius 2 is 1.81 bits per heavy atom. The minimum absolute atomic E-state index is 0.666. The van der Waals surface area contributed by atoms with Gasteiger partial charge in [0.2, 0.25) is 0 Å². The quantitative estimate of drug-likeness (QED) is 0.684. The van der Waals surface area contributed by atoms with Crippen molar-refractivity contribution in [2.75, 3.05) is 11.9 Å². The first-order chi connectivity index (χ1) is 10.1. The minimum atomic E-state index is 0.666. The van der Waals surface area contributed by atoms with Crippen LogP contribution in [0.1, 0.15) is 5.56 Å². The predicted octanol–water partition coefficient (Wildman–Crippen LogP) is 5.37. The predicted molar refractivity (Wildman–Crippen MR) is 91.6 cm³/mol. The summed E-state index contributed by atoms with van der Waals surface area (Å²) in [5.41, 5.74) is 3.47. The van der Waals surface area contributed by atoms with E-state index < -0.39 is 0 Å². The molecule has 4 heteroatoms. The molecule has 108 valence electrons. The van der Waals surface area contributed by atoms with Crippen molar-refractivity contribution < 1.29 is 0 Å². The molecule has 2 aromatic carbocycles. The molecule has 0 fully saturated rings. The van der Waals surface area contributed by atoms with Gasteiger partial charge in [-0.2, -0.15) is 0 Å². The van der Waals surface area contributed by atoms with E-state index in [0.29, 0.717) is 10.0 Å². The first-order valence-electron chi connectivity index (χ1n) is 6.88. The second-order valence-electron chi connectivity index (χ2n) is 5.12. The van der Waals surface area contributed by atoms with Crippen LogP contribution in [0.5, 0.6) is 0 Å². The lowest BCUT2D eigenvalue weighted by Gasteiger charge is -2.09. The molecule has 0 radical (unpaired) electrons. The molecule has 21 heavy (non-hydrogen) atoms. The van der Waals surface area contributed by atoms with E-state index in [1.165, 1.54) is 5.56 Å². The minimum Gasteiger partial charge on any atom is -0.383 e. The molecule has 0 spiro atoms. The van der Waals surface area contributed by atoms with Gasteiger partial charge in [0.05, 0.1) is 10.5 Å². The largest absolute Gasteiger partial charge is 0.383 e. The zero-order chi connectivity index (χ0) is 14.8. The van der Waals surface area contributed by atoms with E-state index in [1.54, 1.807) is 6.07 Å². The molecule has 0 amide bonds. The van der Waals surface area contributed by atoms with Crippen molar-refractivity contribution in [1.82, 2.24) is 4.57 Å². The summed E-state index contributed by atoms with van der Waals surface area (Å²) < 4.78 is 2.16. The molecule has 1 aromatic heterocycles. The van der Waals surface area contributed by atoms with Crippen LogP contribution in [0.15, 0.2) is 48.7 Å². The van der Waals surface area contributed by atoms with Gasteiger partial charge in [-0.25, -0.2) is 0 Å². The molecule has 1 heterocycles. The smallest absolute Gasteiger partial charge is 0.0514 e. The zero-order valence-electron chi connectivity index (χ0n) is 11.7. The van der Waals surface area contributed by atoms with E-state index in [9.17, 15) is 0 Å². The molecule has 0 aliphatic rings. The number of nitrogens with one attached hydrogen (secondary N) is 1. The molecule has 3 aromatic rings. The maximum absolute atomic E-state index is 6.21. The average molecular weight is 319 g/mol. The number of hydrogen-bond acceptors (Lipinski definition) is 1. The lowest BCUT2D eigenvalue weighted by Crippen LogP contribution is -2.09. The monoisotopic (exact) mass is 318 g/mol. The molecule has 3 rings (SSSR count). The van der Waals surface area contributed by atoms with Crippen LogP contribution < -0.4 is 5.32 Å². The van der Waals surface area contributed by atoms with E-state index in [2.05, 4.69) is 41.1 Å². The second kappa shape index (κ2) is 6.00. The molecule has 0 saturated heterocycles. The number of fused-ring (bicyclic) bond motifs is 1. The molecule has 0 bridgehead atoms. The fraction of sp³-hybridized carbons (Fsp3) is 0.176. The molecule has 2 nitrogen and oxygen atoms in total. The van der Waals surface area contributed by atoms with Crippen molar-refractivity contribution in [1.29, 1.82) is 0 Å². The van der Waals surface area contributed by atoms with Crippen LogP contribution in [-0.4, -0.2) is 11.1 Å². The van der Waals surface area contributed by atoms with Gasteiger partial charge in [0.1, 0.15) is 0 Å². The van der Waals surface area contributed by atoms with Gasteiger partial charge >= 0.3 is 0 Å². The number of benzene rings is 2. The van der Waals surface area contributed by atoms with Crippen LogP contribution in [0, 0.1) is 6.92 Å². The van der Waals surface area contributed by atoms with E-state index in [0.717, 1.165) is 29.7 Å². The van der Waals surface area contributed by atoms with Gasteiger partial charge in [0.15, 0.2) is 0 Å². The fourth-order valence-electron chi connectivity index (χ4n) is 2.41. The van der Waals surface area contributed by atoms with Crippen LogP contribution in [0.3, 0.4) is 0 Å². The summed E-state index contributed by atoms with van der Waals surface area (Å²) in [7, 11) is 0. The maximum atomic E-state index is 6.21. The molecule has 0 unspecified atom stereocenters. The van der Waals surface area contributed by atoms with Crippen LogP contribution in [-0.2, 0) is 6.54 Å². The maximum Gasteiger partial charge on any atom is 0.0514 e. The van der Waals surface area contributed by atoms with Crippen molar-refractivity contribution in [2.45, 2.75) is 13.5 Å². The number of hydrogen-bond donors (Lipinski definition) is 1. The Morgan fingerprint density at radius 1 is 1.05 bits per heavy atom. The van der Waals surface area contributed by atoms with E-state index >= 15 is 0 Å². The number of aromatic nitrogens is 1. The Kier molecular flexibility index (Phi) is 4.09. The lowest BCUT2D eigenvalue weighted by atomic mass is 10.2. The number of aryl methyl sites for hydroxylation is 1. The Bertz CT molecular complexity index is 760. The highest BCUT2D eigenvalue weighted by Crippen LogP contribution is 2.28. The summed E-state index contributed by atoms with van der Waals surface area (Å²) in [4.78, 5) is 0. The number of nitrogens with zero attached hydrogens (tertiary/aromatic N) is 1. The van der Waals surface area contributed by atoms with E-state index in [-0.39, 0.29) is 0 Å². The normalized spacial score (nSPS) is 11.0. The highest BCUT2D eigenvalue weighted by molar-refractivity contribution is 6.38. The van der Waals surface area contributed by atoms with Gasteiger partial charge in [-0.15, -0.1) is 0 Å². The molecular weight excluding hydrogens is 303 g/mol. The summed E-state index contributed by atoms with van der Waals surface area (Å²) in [6.07, 6.45) is 2.05. The van der Waals surface area contributed by atoms with Crippen molar-refractivity contribution in [3.8, 4) is 0 Å². The van der Waals surface area contributed by atoms with Crippen molar-refractivity contribution in [3.05, 3.63) is 64.3 Å². The van der Waals surface area contributed by atoms with Crippen molar-refractivity contribution in [3.63, 3.8) is 0 Å². The van der Waals surface area contributed by atoms with Gasteiger partial charge in [0, 0.05) is 35.4 Å². The Hall–Kier alpha value is -1.64. The average Bonchev–Trinajstić information content (AvgIpc) is 2.84. The van der Waals surface area contributed by atoms with E-state index in [4.69, 9.17) is 23.2 Å². The molecular formula is C17H16Cl2N2. The number of halogens is 2.